The van der Waals surface area contributed by atoms with Crippen molar-refractivity contribution in [1.82, 2.24) is 0 Å². The highest BCUT2D eigenvalue weighted by molar-refractivity contribution is 4.99. The molecule has 0 aliphatic carbocycles. The maximum absolute atomic E-state index is 5.06. The van der Waals surface area contributed by atoms with Crippen molar-refractivity contribution in [3.8, 4) is 0 Å². The molecule has 0 saturated carbocycles. The number of rotatable bonds is 0. The highest BCUT2D eigenvalue weighted by Gasteiger charge is 1.94. The molecule has 0 N–H and O–H groups in total. The lowest BCUT2D eigenvalue weighted by atomic mass is 10.2. The van der Waals surface area contributed by atoms with Crippen molar-refractivity contribution in [3.05, 3.63) is 11.6 Å². The van der Waals surface area contributed by atoms with Crippen LogP contribution < -0.4 is 0 Å². The van der Waals surface area contributed by atoms with E-state index in [1.807, 2.05) is 0 Å². The normalized spacial score (nSPS) is 21.6. The Hall–Kier alpha value is -0.300. The molecule has 1 heterocycles. The summed E-state index contributed by atoms with van der Waals surface area (Å²) < 4.78 is 5.06. The van der Waals surface area contributed by atoms with Crippen molar-refractivity contribution >= 4 is 0 Å². The van der Waals surface area contributed by atoms with Crippen molar-refractivity contribution in [1.29, 1.82) is 0 Å². The Labute approximate surface area is 44.0 Å². The third-order valence-corrected chi connectivity index (χ3v) is 1.19. The molecule has 1 aliphatic heterocycles. The van der Waals surface area contributed by atoms with E-state index in [0.717, 1.165) is 19.6 Å². The van der Waals surface area contributed by atoms with E-state index >= 15 is 0 Å². The van der Waals surface area contributed by atoms with Crippen LogP contribution in [0.25, 0.3) is 0 Å². The fourth-order valence-corrected chi connectivity index (χ4v) is 0.620. The Kier molecular flexibility index (Phi) is 1.47. The van der Waals surface area contributed by atoms with Crippen LogP contribution in [0.4, 0.5) is 0 Å². The Balaban J connectivity index is 2.40. The third-order valence-electron chi connectivity index (χ3n) is 1.19. The van der Waals surface area contributed by atoms with Crippen molar-refractivity contribution in [2.45, 2.75) is 13.3 Å². The quantitative estimate of drug-likeness (QED) is 0.415. The van der Waals surface area contributed by atoms with Gasteiger partial charge in [0, 0.05) is 0 Å². The van der Waals surface area contributed by atoms with Crippen LogP contribution in [0, 0.1) is 0 Å². The largest absolute Gasteiger partial charge is 0.377 e. The molecule has 1 aliphatic rings. The second-order valence-electron chi connectivity index (χ2n) is 1.88. The summed E-state index contributed by atoms with van der Waals surface area (Å²) in [6.45, 7) is 3.89. The van der Waals surface area contributed by atoms with Crippen molar-refractivity contribution < 1.29 is 4.74 Å². The monoisotopic (exact) mass is 98.1 g/mol. The average Bonchev–Trinajstić information content (AvgIpc) is 1.69. The zero-order valence-corrected chi connectivity index (χ0v) is 4.61. The van der Waals surface area contributed by atoms with E-state index in [9.17, 15) is 0 Å². The number of hydrogen-bond donors (Lipinski definition) is 0. The number of hydrogen-bond acceptors (Lipinski definition) is 1. The Morgan fingerprint density at radius 1 is 1.71 bits per heavy atom. The van der Waals surface area contributed by atoms with E-state index in [1.54, 1.807) is 0 Å². The molecule has 0 spiro atoms. The lowest BCUT2D eigenvalue weighted by Gasteiger charge is -2.07. The van der Waals surface area contributed by atoms with Gasteiger partial charge in [-0.15, -0.1) is 0 Å². The van der Waals surface area contributed by atoms with Crippen LogP contribution in [0.5, 0.6) is 0 Å². The van der Waals surface area contributed by atoms with Gasteiger partial charge in [-0.2, -0.15) is 0 Å². The van der Waals surface area contributed by atoms with E-state index in [0.29, 0.717) is 0 Å². The lowest BCUT2D eigenvalue weighted by Crippen LogP contribution is -2.01. The minimum absolute atomic E-state index is 0.825. The molecule has 0 unspecified atom stereocenters. The summed E-state index contributed by atoms with van der Waals surface area (Å²) in [4.78, 5) is 0. The Morgan fingerprint density at radius 2 is 2.57 bits per heavy atom. The number of ether oxygens (including phenoxy) is 1. The topological polar surface area (TPSA) is 9.23 Å². The molecule has 0 aromatic carbocycles. The van der Waals surface area contributed by atoms with Gasteiger partial charge in [0.05, 0.1) is 13.2 Å². The van der Waals surface area contributed by atoms with Crippen LogP contribution in [0.1, 0.15) is 13.3 Å². The predicted octanol–water partition coefficient (Wildman–Crippen LogP) is 1.35. The first-order chi connectivity index (χ1) is 3.39. The predicted molar refractivity (Wildman–Crippen MR) is 29.2 cm³/mol. The molecule has 0 radical (unpaired) electrons. The van der Waals surface area contributed by atoms with Crippen LogP contribution in [-0.4, -0.2) is 13.2 Å². The maximum Gasteiger partial charge on any atom is 0.0650 e. The van der Waals surface area contributed by atoms with Crippen LogP contribution in [0.3, 0.4) is 0 Å². The fourth-order valence-electron chi connectivity index (χ4n) is 0.620. The highest BCUT2D eigenvalue weighted by Crippen LogP contribution is 2.04. The Morgan fingerprint density at radius 3 is 2.86 bits per heavy atom. The van der Waals surface area contributed by atoms with Gasteiger partial charge in [0.25, 0.3) is 0 Å². The summed E-state index contributed by atoms with van der Waals surface area (Å²) in [5, 5.41) is 0. The summed E-state index contributed by atoms with van der Waals surface area (Å²) in [6, 6.07) is 0. The van der Waals surface area contributed by atoms with Gasteiger partial charge in [0.2, 0.25) is 0 Å². The Bertz CT molecular complexity index is 84.2. The summed E-state index contributed by atoms with van der Waals surface area (Å²) in [5.41, 5.74) is 1.46. The fraction of sp³-hybridized carbons (Fsp3) is 0.667. The van der Waals surface area contributed by atoms with Crippen molar-refractivity contribution in [2.75, 3.05) is 13.2 Å². The van der Waals surface area contributed by atoms with Crippen LogP contribution >= 0.6 is 0 Å². The first-order valence-electron chi connectivity index (χ1n) is 2.63. The molecule has 0 aromatic heterocycles. The molecule has 1 nitrogen and oxygen atoms in total. The molecule has 7 heavy (non-hydrogen) atoms. The van der Waals surface area contributed by atoms with Gasteiger partial charge in [0.15, 0.2) is 0 Å². The van der Waals surface area contributed by atoms with E-state index in [1.165, 1.54) is 5.57 Å². The van der Waals surface area contributed by atoms with Crippen LogP contribution in [0.15, 0.2) is 11.6 Å². The summed E-state index contributed by atoms with van der Waals surface area (Å²) in [7, 11) is 0. The van der Waals surface area contributed by atoms with E-state index in [-0.39, 0.29) is 0 Å². The minimum Gasteiger partial charge on any atom is -0.377 e. The van der Waals surface area contributed by atoms with Gasteiger partial charge in [0.1, 0.15) is 0 Å². The molecule has 0 aromatic rings. The summed E-state index contributed by atoms with van der Waals surface area (Å²) in [6.07, 6.45) is 3.25. The van der Waals surface area contributed by atoms with Crippen molar-refractivity contribution in [2.24, 2.45) is 0 Å². The maximum atomic E-state index is 5.06. The highest BCUT2D eigenvalue weighted by atomic mass is 16.5. The zero-order valence-electron chi connectivity index (χ0n) is 4.61. The molecule has 0 saturated heterocycles. The second kappa shape index (κ2) is 2.12. The van der Waals surface area contributed by atoms with Gasteiger partial charge in [-0.05, 0) is 13.3 Å². The minimum atomic E-state index is 0.825. The lowest BCUT2D eigenvalue weighted by molar-refractivity contribution is 0.154. The van der Waals surface area contributed by atoms with E-state index < -0.39 is 0 Å². The summed E-state index contributed by atoms with van der Waals surface area (Å²) in [5.74, 6) is 0. The molecular weight excluding hydrogens is 88.1 g/mol. The van der Waals surface area contributed by atoms with Gasteiger partial charge in [-0.1, -0.05) is 11.6 Å². The third kappa shape index (κ3) is 1.32. The smallest absolute Gasteiger partial charge is 0.0650 e. The molecule has 40 valence electrons. The van der Waals surface area contributed by atoms with Gasteiger partial charge >= 0.3 is 0 Å². The van der Waals surface area contributed by atoms with Crippen LogP contribution in [0.2, 0.25) is 0 Å². The van der Waals surface area contributed by atoms with Gasteiger partial charge in [-0.3, -0.25) is 0 Å². The SMILES string of the molecule is CC1=CCOCC1. The van der Waals surface area contributed by atoms with E-state index in [2.05, 4.69) is 13.0 Å². The molecule has 0 fully saturated rings. The van der Waals surface area contributed by atoms with Crippen LogP contribution in [-0.2, 0) is 4.74 Å². The standard InChI is InChI=1S/C6H10O/c1-6-2-4-7-5-3-6/h2H,3-5H2,1H3. The van der Waals surface area contributed by atoms with Crippen molar-refractivity contribution in [3.63, 3.8) is 0 Å². The van der Waals surface area contributed by atoms with Gasteiger partial charge in [-0.25, -0.2) is 0 Å². The second-order valence-corrected chi connectivity index (χ2v) is 1.88. The first kappa shape index (κ1) is 4.85. The molecule has 0 amide bonds. The first-order valence-corrected chi connectivity index (χ1v) is 2.63. The molecule has 0 bridgehead atoms. The average molecular weight is 98.1 g/mol. The molecular formula is C6H10O. The summed E-state index contributed by atoms with van der Waals surface area (Å²) >= 11 is 0. The molecule has 1 rings (SSSR count). The molecule has 1 heteroatoms. The zero-order chi connectivity index (χ0) is 5.11. The molecule has 0 atom stereocenters. The van der Waals surface area contributed by atoms with E-state index in [4.69, 9.17) is 4.74 Å². The van der Waals surface area contributed by atoms with Gasteiger partial charge < -0.3 is 4.74 Å².